The third-order valence-corrected chi connectivity index (χ3v) is 5.99. The van der Waals surface area contributed by atoms with Crippen molar-refractivity contribution in [1.29, 1.82) is 0 Å². The van der Waals surface area contributed by atoms with Crippen molar-refractivity contribution in [1.82, 2.24) is 9.80 Å². The van der Waals surface area contributed by atoms with Gasteiger partial charge in [-0.1, -0.05) is 66.7 Å². The monoisotopic (exact) mass is 424 g/mol. The average molecular weight is 425 g/mol. The molecule has 0 spiro atoms. The van der Waals surface area contributed by atoms with Gasteiger partial charge in [-0.25, -0.2) is 0 Å². The fourth-order valence-electron chi connectivity index (χ4n) is 3.73. The van der Waals surface area contributed by atoms with E-state index in [1.807, 2.05) is 28.5 Å². The Labute approximate surface area is 182 Å². The first-order valence-corrected chi connectivity index (χ1v) is 10.5. The fourth-order valence-corrected chi connectivity index (χ4v) is 4.35. The fraction of sp³-hybridized carbons (Fsp3) is 0.208. The summed E-state index contributed by atoms with van der Waals surface area (Å²) in [6.07, 6.45) is 3.61. The lowest BCUT2D eigenvalue weighted by atomic mass is 9.96. The van der Waals surface area contributed by atoms with Crippen LogP contribution < -0.4 is 0 Å². The van der Waals surface area contributed by atoms with E-state index in [0.717, 1.165) is 31.1 Å². The maximum atomic E-state index is 12.5. The molecule has 2 aromatic carbocycles. The number of carbonyl (C=O) groups excluding carboxylic acids is 1. The van der Waals surface area contributed by atoms with E-state index in [2.05, 4.69) is 65.6 Å². The molecule has 1 aliphatic rings. The maximum absolute atomic E-state index is 12.5. The molecule has 1 aromatic heterocycles. The van der Waals surface area contributed by atoms with E-state index in [1.165, 1.54) is 11.1 Å². The van der Waals surface area contributed by atoms with Crippen LogP contribution in [0.25, 0.3) is 6.08 Å². The molecule has 5 heteroatoms. The van der Waals surface area contributed by atoms with Crippen molar-refractivity contribution in [3.05, 3.63) is 100 Å². The summed E-state index contributed by atoms with van der Waals surface area (Å²) in [5.41, 5.74) is 2.59. The summed E-state index contributed by atoms with van der Waals surface area (Å²) in [4.78, 5) is 18.1. The summed E-state index contributed by atoms with van der Waals surface area (Å²) in [5.74, 6) is 0.101. The number of carbonyl (C=O) groups is 1. The van der Waals surface area contributed by atoms with Gasteiger partial charge in [-0.15, -0.1) is 23.7 Å². The van der Waals surface area contributed by atoms with E-state index in [1.54, 1.807) is 17.4 Å². The van der Waals surface area contributed by atoms with Gasteiger partial charge in [0.15, 0.2) is 0 Å². The van der Waals surface area contributed by atoms with Gasteiger partial charge in [-0.05, 0) is 28.6 Å². The molecule has 1 amide bonds. The predicted octanol–water partition coefficient (Wildman–Crippen LogP) is 5.12. The van der Waals surface area contributed by atoms with Crippen LogP contribution in [0.4, 0.5) is 0 Å². The van der Waals surface area contributed by atoms with Crippen molar-refractivity contribution in [2.24, 2.45) is 0 Å². The molecular formula is C24H25ClN2OS. The quantitative estimate of drug-likeness (QED) is 0.531. The minimum absolute atomic E-state index is 0. The molecule has 1 saturated heterocycles. The minimum Gasteiger partial charge on any atom is -0.337 e. The number of nitrogens with zero attached hydrogens (tertiary/aromatic N) is 2. The van der Waals surface area contributed by atoms with Gasteiger partial charge in [0.1, 0.15) is 0 Å². The first-order valence-electron chi connectivity index (χ1n) is 9.66. The van der Waals surface area contributed by atoms with Gasteiger partial charge < -0.3 is 4.90 Å². The van der Waals surface area contributed by atoms with Crippen LogP contribution in [-0.2, 0) is 4.79 Å². The van der Waals surface area contributed by atoms with Crippen LogP contribution in [0.2, 0.25) is 0 Å². The minimum atomic E-state index is 0. The van der Waals surface area contributed by atoms with Crippen LogP contribution in [-0.4, -0.2) is 41.9 Å². The lowest BCUT2D eigenvalue weighted by Crippen LogP contribution is -2.49. The molecule has 1 fully saturated rings. The molecular weight excluding hydrogens is 400 g/mol. The number of amides is 1. The van der Waals surface area contributed by atoms with Crippen LogP contribution in [0.1, 0.15) is 22.0 Å². The summed E-state index contributed by atoms with van der Waals surface area (Å²) >= 11 is 1.65. The first-order chi connectivity index (χ1) is 13.8. The van der Waals surface area contributed by atoms with E-state index in [4.69, 9.17) is 0 Å². The van der Waals surface area contributed by atoms with Gasteiger partial charge in [0.05, 0.1) is 6.04 Å². The van der Waals surface area contributed by atoms with Crippen LogP contribution in [0.3, 0.4) is 0 Å². The molecule has 29 heavy (non-hydrogen) atoms. The first kappa shape index (κ1) is 21.3. The second-order valence-corrected chi connectivity index (χ2v) is 7.91. The maximum Gasteiger partial charge on any atom is 0.246 e. The standard InChI is InChI=1S/C24H24N2OS.ClH/c27-23(14-13-22-12-7-19-28-22)25-15-17-26(18-16-25)24(20-8-3-1-4-9-20)21-10-5-2-6-11-21;/h1-14,19,24H,15-18H2;1H/b14-13+;. The van der Waals surface area contributed by atoms with Gasteiger partial charge in [0.25, 0.3) is 0 Å². The van der Waals surface area contributed by atoms with E-state index < -0.39 is 0 Å². The lowest BCUT2D eigenvalue weighted by molar-refractivity contribution is -0.127. The molecule has 0 radical (unpaired) electrons. The summed E-state index contributed by atoms with van der Waals surface area (Å²) in [6.45, 7) is 3.24. The highest BCUT2D eigenvalue weighted by Crippen LogP contribution is 2.29. The summed E-state index contributed by atoms with van der Waals surface area (Å²) in [6, 6.07) is 25.5. The number of piperazine rings is 1. The zero-order valence-corrected chi connectivity index (χ0v) is 17.8. The average Bonchev–Trinajstić information content (AvgIpc) is 3.28. The molecule has 0 bridgehead atoms. The highest BCUT2D eigenvalue weighted by Gasteiger charge is 2.27. The van der Waals surface area contributed by atoms with Gasteiger partial charge in [0, 0.05) is 37.1 Å². The third kappa shape index (κ3) is 5.36. The summed E-state index contributed by atoms with van der Waals surface area (Å²) < 4.78 is 0. The van der Waals surface area contributed by atoms with Gasteiger partial charge in [-0.3, -0.25) is 9.69 Å². The predicted molar refractivity (Wildman–Crippen MR) is 123 cm³/mol. The Bertz CT molecular complexity index is 865. The normalized spacial score (nSPS) is 14.9. The SMILES string of the molecule is Cl.O=C(/C=C/c1cccs1)N1CCN(C(c2ccccc2)c2ccccc2)CC1. The molecule has 1 aliphatic heterocycles. The van der Waals surface area contributed by atoms with Gasteiger partial charge in [0.2, 0.25) is 5.91 Å². The highest BCUT2D eigenvalue weighted by atomic mass is 35.5. The Kier molecular flexibility index (Phi) is 7.64. The molecule has 3 aromatic rings. The zero-order chi connectivity index (χ0) is 19.2. The van der Waals surface area contributed by atoms with Crippen molar-refractivity contribution < 1.29 is 4.79 Å². The molecule has 0 saturated carbocycles. The Morgan fingerprint density at radius 1 is 0.828 bits per heavy atom. The topological polar surface area (TPSA) is 23.6 Å². The summed E-state index contributed by atoms with van der Waals surface area (Å²) in [7, 11) is 0. The molecule has 3 nitrogen and oxygen atoms in total. The number of benzene rings is 2. The zero-order valence-electron chi connectivity index (χ0n) is 16.2. The molecule has 0 atom stereocenters. The lowest BCUT2D eigenvalue weighted by Gasteiger charge is -2.39. The van der Waals surface area contributed by atoms with E-state index in [0.29, 0.717) is 0 Å². The Morgan fingerprint density at radius 3 is 1.93 bits per heavy atom. The van der Waals surface area contributed by atoms with Crippen LogP contribution in [0.5, 0.6) is 0 Å². The van der Waals surface area contributed by atoms with Gasteiger partial charge in [-0.2, -0.15) is 0 Å². The number of hydrogen-bond donors (Lipinski definition) is 0. The molecule has 0 N–H and O–H groups in total. The molecule has 0 aliphatic carbocycles. The number of hydrogen-bond acceptors (Lipinski definition) is 3. The Morgan fingerprint density at radius 2 is 1.41 bits per heavy atom. The van der Waals surface area contributed by atoms with E-state index in [-0.39, 0.29) is 24.4 Å². The van der Waals surface area contributed by atoms with E-state index >= 15 is 0 Å². The second kappa shape index (κ2) is 10.4. The van der Waals surface area contributed by atoms with Crippen molar-refractivity contribution in [3.63, 3.8) is 0 Å². The van der Waals surface area contributed by atoms with E-state index in [9.17, 15) is 4.79 Å². The largest absolute Gasteiger partial charge is 0.337 e. The molecule has 0 unspecified atom stereocenters. The van der Waals surface area contributed by atoms with Crippen LogP contribution in [0, 0.1) is 0 Å². The second-order valence-electron chi connectivity index (χ2n) is 6.93. The van der Waals surface area contributed by atoms with Crippen molar-refractivity contribution >= 4 is 35.7 Å². The Balaban J connectivity index is 0.00000240. The van der Waals surface area contributed by atoms with Crippen LogP contribution >= 0.6 is 23.7 Å². The molecule has 4 rings (SSSR count). The number of rotatable bonds is 5. The highest BCUT2D eigenvalue weighted by molar-refractivity contribution is 7.10. The summed E-state index contributed by atoms with van der Waals surface area (Å²) in [5, 5.41) is 2.02. The molecule has 2 heterocycles. The smallest absolute Gasteiger partial charge is 0.246 e. The van der Waals surface area contributed by atoms with Crippen molar-refractivity contribution in [3.8, 4) is 0 Å². The van der Waals surface area contributed by atoms with Crippen LogP contribution in [0.15, 0.2) is 84.3 Å². The van der Waals surface area contributed by atoms with Crippen molar-refractivity contribution in [2.75, 3.05) is 26.2 Å². The van der Waals surface area contributed by atoms with Gasteiger partial charge >= 0.3 is 0 Å². The number of halogens is 1. The molecule has 150 valence electrons. The third-order valence-electron chi connectivity index (χ3n) is 5.16. The van der Waals surface area contributed by atoms with Crippen molar-refractivity contribution in [2.45, 2.75) is 6.04 Å². The number of thiophene rings is 1. The Hall–Kier alpha value is -2.40.